The van der Waals surface area contributed by atoms with Crippen molar-refractivity contribution >= 4 is 27.5 Å². The number of carboxylic acid groups (broad SMARTS) is 1. The van der Waals surface area contributed by atoms with Crippen LogP contribution in [0.1, 0.15) is 12.5 Å². The number of carboxylic acids is 1. The summed E-state index contributed by atoms with van der Waals surface area (Å²) in [6.07, 6.45) is 0. The van der Waals surface area contributed by atoms with E-state index in [2.05, 4.69) is 4.98 Å². The van der Waals surface area contributed by atoms with E-state index in [9.17, 15) is 9.90 Å². The van der Waals surface area contributed by atoms with Gasteiger partial charge in [-0.05, 0) is 31.2 Å². The van der Waals surface area contributed by atoms with E-state index in [1.54, 1.807) is 48.6 Å². The van der Waals surface area contributed by atoms with Crippen molar-refractivity contribution in [3.05, 3.63) is 84.4 Å². The first-order valence-electron chi connectivity index (χ1n) is 8.51. The van der Waals surface area contributed by atoms with Gasteiger partial charge in [0.05, 0.1) is 15.8 Å². The van der Waals surface area contributed by atoms with E-state index >= 15 is 0 Å². The second-order valence-electron chi connectivity index (χ2n) is 6.29. The summed E-state index contributed by atoms with van der Waals surface area (Å²) in [6, 6.07) is 24.3. The van der Waals surface area contributed by atoms with Gasteiger partial charge in [0, 0.05) is 5.56 Å². The maximum Gasteiger partial charge on any atom is 0.352 e. The van der Waals surface area contributed by atoms with Crippen LogP contribution in [0.15, 0.2) is 78.9 Å². The average molecular weight is 375 g/mol. The first-order valence-corrected chi connectivity index (χ1v) is 9.32. The van der Waals surface area contributed by atoms with E-state index in [1.165, 1.54) is 0 Å². The minimum Gasteiger partial charge on any atom is -0.478 e. The number of para-hydroxylation sites is 2. The SMILES string of the molecule is CC(Oc1ccccc1-c1nc2ccccc2s1)(C(=O)O)c1ccccc1. The summed E-state index contributed by atoms with van der Waals surface area (Å²) in [5.41, 5.74) is 0.767. The number of benzene rings is 3. The standard InChI is InChI=1S/C22H17NO3S/c1-22(21(24)25,15-9-3-2-4-10-15)26-18-13-7-5-11-16(18)20-23-17-12-6-8-14-19(17)27-20/h2-14H,1H3,(H,24,25). The van der Waals surface area contributed by atoms with Gasteiger partial charge in [0.1, 0.15) is 10.8 Å². The zero-order valence-corrected chi connectivity index (χ0v) is 15.4. The van der Waals surface area contributed by atoms with E-state index in [0.29, 0.717) is 11.3 Å². The molecular weight excluding hydrogens is 358 g/mol. The third kappa shape index (κ3) is 3.17. The lowest BCUT2D eigenvalue weighted by atomic mass is 9.95. The molecule has 1 N–H and O–H groups in total. The Kier molecular flexibility index (Phi) is 4.38. The number of aromatic nitrogens is 1. The molecule has 4 nitrogen and oxygen atoms in total. The number of aliphatic carboxylic acids is 1. The fourth-order valence-corrected chi connectivity index (χ4v) is 3.92. The average Bonchev–Trinajstić information content (AvgIpc) is 3.13. The van der Waals surface area contributed by atoms with Gasteiger partial charge in [0.25, 0.3) is 0 Å². The summed E-state index contributed by atoms with van der Waals surface area (Å²) < 4.78 is 7.17. The molecule has 4 rings (SSSR count). The minimum absolute atomic E-state index is 0.491. The van der Waals surface area contributed by atoms with E-state index < -0.39 is 11.6 Å². The van der Waals surface area contributed by atoms with Crippen LogP contribution in [-0.4, -0.2) is 16.1 Å². The van der Waals surface area contributed by atoms with Crippen LogP contribution in [0.25, 0.3) is 20.8 Å². The van der Waals surface area contributed by atoms with Crippen molar-refractivity contribution in [1.82, 2.24) is 4.98 Å². The molecule has 27 heavy (non-hydrogen) atoms. The molecule has 134 valence electrons. The Labute approximate surface area is 160 Å². The van der Waals surface area contributed by atoms with Gasteiger partial charge < -0.3 is 9.84 Å². The van der Waals surface area contributed by atoms with Gasteiger partial charge in [-0.25, -0.2) is 9.78 Å². The number of hydrogen-bond acceptors (Lipinski definition) is 4. The van der Waals surface area contributed by atoms with Crippen molar-refractivity contribution in [2.75, 3.05) is 0 Å². The molecule has 1 heterocycles. The topological polar surface area (TPSA) is 59.4 Å². The molecule has 0 spiro atoms. The van der Waals surface area contributed by atoms with Crippen LogP contribution < -0.4 is 4.74 Å². The molecule has 0 amide bonds. The molecule has 0 fully saturated rings. The number of rotatable bonds is 5. The summed E-state index contributed by atoms with van der Waals surface area (Å²) in [5.74, 6) is -0.557. The molecule has 0 aliphatic heterocycles. The lowest BCUT2D eigenvalue weighted by molar-refractivity contribution is -0.154. The number of carbonyl (C=O) groups is 1. The molecule has 0 radical (unpaired) electrons. The predicted molar refractivity (Wildman–Crippen MR) is 107 cm³/mol. The highest BCUT2D eigenvalue weighted by Crippen LogP contribution is 2.38. The molecule has 1 aromatic heterocycles. The molecule has 0 saturated carbocycles. The van der Waals surface area contributed by atoms with E-state index in [4.69, 9.17) is 4.74 Å². The van der Waals surface area contributed by atoms with Crippen molar-refractivity contribution in [2.45, 2.75) is 12.5 Å². The van der Waals surface area contributed by atoms with Crippen LogP contribution in [0.3, 0.4) is 0 Å². The van der Waals surface area contributed by atoms with Crippen molar-refractivity contribution in [2.24, 2.45) is 0 Å². The molecule has 5 heteroatoms. The number of hydrogen-bond donors (Lipinski definition) is 1. The smallest absolute Gasteiger partial charge is 0.352 e. The minimum atomic E-state index is -1.51. The molecule has 4 aromatic rings. The van der Waals surface area contributed by atoms with Crippen molar-refractivity contribution in [3.63, 3.8) is 0 Å². The molecule has 1 atom stereocenters. The van der Waals surface area contributed by atoms with Gasteiger partial charge in [0.2, 0.25) is 5.60 Å². The zero-order chi connectivity index (χ0) is 18.9. The highest BCUT2D eigenvalue weighted by Gasteiger charge is 2.38. The van der Waals surface area contributed by atoms with Gasteiger partial charge in [-0.2, -0.15) is 0 Å². The molecule has 0 aliphatic rings. The molecule has 0 bridgehead atoms. The first-order chi connectivity index (χ1) is 13.1. The third-order valence-electron chi connectivity index (χ3n) is 4.46. The Morgan fingerprint density at radius 2 is 1.63 bits per heavy atom. The van der Waals surface area contributed by atoms with Gasteiger partial charge in [0.15, 0.2) is 0 Å². The monoisotopic (exact) mass is 375 g/mol. The second-order valence-corrected chi connectivity index (χ2v) is 7.32. The second kappa shape index (κ2) is 6.85. The summed E-state index contributed by atoms with van der Waals surface area (Å²) in [4.78, 5) is 16.8. The maximum atomic E-state index is 12.1. The summed E-state index contributed by atoms with van der Waals surface area (Å²) in [6.45, 7) is 1.57. The Bertz CT molecular complexity index is 1070. The number of fused-ring (bicyclic) bond motifs is 1. The predicted octanol–water partition coefficient (Wildman–Crippen LogP) is 5.34. The summed E-state index contributed by atoms with van der Waals surface area (Å²) in [5, 5.41) is 10.7. The van der Waals surface area contributed by atoms with Crippen molar-refractivity contribution in [3.8, 4) is 16.3 Å². The largest absolute Gasteiger partial charge is 0.478 e. The number of nitrogens with zero attached hydrogens (tertiary/aromatic N) is 1. The highest BCUT2D eigenvalue weighted by atomic mass is 32.1. The third-order valence-corrected chi connectivity index (χ3v) is 5.53. The van der Waals surface area contributed by atoms with Gasteiger partial charge in [-0.3, -0.25) is 0 Å². The van der Waals surface area contributed by atoms with Crippen LogP contribution in [0.4, 0.5) is 0 Å². The van der Waals surface area contributed by atoms with Crippen LogP contribution in [-0.2, 0) is 10.4 Å². The molecular formula is C22H17NO3S. The first kappa shape index (κ1) is 17.2. The van der Waals surface area contributed by atoms with Crippen LogP contribution in [0, 0.1) is 0 Å². The van der Waals surface area contributed by atoms with Gasteiger partial charge in [-0.15, -0.1) is 11.3 Å². The fourth-order valence-electron chi connectivity index (χ4n) is 2.92. The molecule has 3 aromatic carbocycles. The van der Waals surface area contributed by atoms with Crippen molar-refractivity contribution < 1.29 is 14.6 Å². The summed E-state index contributed by atoms with van der Waals surface area (Å²) >= 11 is 1.56. The quantitative estimate of drug-likeness (QED) is 0.511. The lowest BCUT2D eigenvalue weighted by Gasteiger charge is -2.27. The van der Waals surface area contributed by atoms with E-state index in [0.717, 1.165) is 20.8 Å². The Morgan fingerprint density at radius 1 is 0.963 bits per heavy atom. The Balaban J connectivity index is 1.79. The van der Waals surface area contributed by atoms with E-state index in [1.807, 2.05) is 48.5 Å². The van der Waals surface area contributed by atoms with Crippen LogP contribution in [0.2, 0.25) is 0 Å². The van der Waals surface area contributed by atoms with Gasteiger partial charge >= 0.3 is 5.97 Å². The molecule has 0 aliphatic carbocycles. The van der Waals surface area contributed by atoms with Crippen LogP contribution in [0.5, 0.6) is 5.75 Å². The number of thiazole rings is 1. The zero-order valence-electron chi connectivity index (χ0n) is 14.6. The molecule has 0 saturated heterocycles. The molecule has 1 unspecified atom stereocenters. The Hall–Kier alpha value is -3.18. The van der Waals surface area contributed by atoms with E-state index in [-0.39, 0.29) is 0 Å². The van der Waals surface area contributed by atoms with Crippen molar-refractivity contribution in [1.29, 1.82) is 0 Å². The lowest BCUT2D eigenvalue weighted by Crippen LogP contribution is -2.38. The number of ether oxygens (including phenoxy) is 1. The summed E-state index contributed by atoms with van der Waals surface area (Å²) in [7, 11) is 0. The highest BCUT2D eigenvalue weighted by molar-refractivity contribution is 7.21. The Morgan fingerprint density at radius 3 is 2.37 bits per heavy atom. The maximum absolute atomic E-state index is 12.1. The fraction of sp³-hybridized carbons (Fsp3) is 0.0909. The van der Waals surface area contributed by atoms with Gasteiger partial charge in [-0.1, -0.05) is 54.6 Å². The normalized spacial score (nSPS) is 13.2. The van der Waals surface area contributed by atoms with Crippen LogP contribution >= 0.6 is 11.3 Å².